The van der Waals surface area contributed by atoms with E-state index in [0.717, 1.165) is 52.0 Å². The number of hydrogen-bond donors (Lipinski definition) is 1. The number of allylic oxidation sites excluding steroid dienone is 1. The molecule has 1 unspecified atom stereocenters. The molecule has 2 heterocycles. The molecule has 12 rings (SSSR count). The number of benzene rings is 9. The molecule has 2 aromatic heterocycles. The monoisotopic (exact) mass is 768 g/mol. The Hall–Kier alpha value is -7.53. The SMILES string of the molecule is NC1C=CCC/C1=C(/N=Cn1c2ccc(-c3cccc4c5ccccc5n(-c5ccccc5)c34)cc2c2c3c4ccccc4ccc3c3ccccc3c21)c1ccccc1. The van der Waals surface area contributed by atoms with E-state index in [9.17, 15) is 0 Å². The van der Waals surface area contributed by atoms with E-state index < -0.39 is 0 Å². The van der Waals surface area contributed by atoms with Gasteiger partial charge in [-0.2, -0.15) is 0 Å². The van der Waals surface area contributed by atoms with Gasteiger partial charge in [-0.25, -0.2) is 4.99 Å². The molecule has 11 aromatic rings. The summed E-state index contributed by atoms with van der Waals surface area (Å²) in [5.74, 6) is 0. The molecule has 0 saturated heterocycles. The predicted octanol–water partition coefficient (Wildman–Crippen LogP) is 14.0. The van der Waals surface area contributed by atoms with E-state index in [-0.39, 0.29) is 6.04 Å². The fourth-order valence-electron chi connectivity index (χ4n) is 10.0. The number of aromatic nitrogens is 2. The van der Waals surface area contributed by atoms with Crippen molar-refractivity contribution in [3.63, 3.8) is 0 Å². The Morgan fingerprint density at radius 1 is 0.550 bits per heavy atom. The van der Waals surface area contributed by atoms with Crippen molar-refractivity contribution < 1.29 is 0 Å². The van der Waals surface area contributed by atoms with Crippen molar-refractivity contribution in [2.24, 2.45) is 10.7 Å². The highest BCUT2D eigenvalue weighted by Gasteiger charge is 2.22. The standard InChI is InChI=1S/C56H40N4/c57-49-28-13-11-25-47(49)54(37-17-3-1-4-18-37)58-35-59-50-33-31-38(41-26-15-27-46-43-23-12-14-29-51(43)60(55(41)46)39-19-5-2-6-20-39)34-48(50)53-52-40-21-8-7-16-36(40)30-32-44(52)42-22-9-10-24-45(42)56(53)59/h1-10,12-24,26-35,49H,11,25,57H2/b54-47-,58-35?. The van der Waals surface area contributed by atoms with Crippen LogP contribution >= 0.6 is 0 Å². The molecule has 0 bridgehead atoms. The topological polar surface area (TPSA) is 48.2 Å². The van der Waals surface area contributed by atoms with Gasteiger partial charge in [0.2, 0.25) is 0 Å². The van der Waals surface area contributed by atoms with Crippen LogP contribution in [0.5, 0.6) is 0 Å². The molecule has 2 N–H and O–H groups in total. The fraction of sp³-hybridized carbons (Fsp3) is 0.0536. The maximum atomic E-state index is 6.79. The summed E-state index contributed by atoms with van der Waals surface area (Å²) >= 11 is 0. The van der Waals surface area contributed by atoms with E-state index >= 15 is 0 Å². The fourth-order valence-corrected chi connectivity index (χ4v) is 10.0. The first kappa shape index (κ1) is 34.5. The second-order valence-corrected chi connectivity index (χ2v) is 15.9. The third-order valence-corrected chi connectivity index (χ3v) is 12.7. The third-order valence-electron chi connectivity index (χ3n) is 12.7. The molecular weight excluding hydrogens is 729 g/mol. The van der Waals surface area contributed by atoms with Gasteiger partial charge in [0.1, 0.15) is 6.34 Å². The zero-order valence-electron chi connectivity index (χ0n) is 33.0. The van der Waals surface area contributed by atoms with Gasteiger partial charge in [-0.1, -0.05) is 164 Å². The van der Waals surface area contributed by atoms with Crippen molar-refractivity contribution in [3.05, 3.63) is 205 Å². The maximum absolute atomic E-state index is 6.79. The summed E-state index contributed by atoms with van der Waals surface area (Å²) in [6.07, 6.45) is 8.18. The van der Waals surface area contributed by atoms with Crippen LogP contribution in [-0.2, 0) is 0 Å². The molecule has 1 aliphatic rings. The van der Waals surface area contributed by atoms with Gasteiger partial charge in [0, 0.05) is 55.2 Å². The van der Waals surface area contributed by atoms with Gasteiger partial charge in [0.05, 0.1) is 27.8 Å². The van der Waals surface area contributed by atoms with Crippen LogP contribution in [0.2, 0.25) is 0 Å². The zero-order chi connectivity index (χ0) is 39.7. The van der Waals surface area contributed by atoms with Crippen LogP contribution in [0.25, 0.3) is 98.4 Å². The van der Waals surface area contributed by atoms with Crippen molar-refractivity contribution in [2.45, 2.75) is 18.9 Å². The molecule has 1 aliphatic carbocycles. The van der Waals surface area contributed by atoms with Crippen molar-refractivity contribution in [1.82, 2.24) is 9.13 Å². The summed E-state index contributed by atoms with van der Waals surface area (Å²) in [4.78, 5) is 5.45. The molecule has 0 aliphatic heterocycles. The highest BCUT2D eigenvalue weighted by Crippen LogP contribution is 2.45. The summed E-state index contributed by atoms with van der Waals surface area (Å²) in [6, 6.07) is 65.9. The molecule has 4 heteroatoms. The van der Waals surface area contributed by atoms with Crippen molar-refractivity contribution in [1.29, 1.82) is 0 Å². The molecule has 1 atom stereocenters. The van der Waals surface area contributed by atoms with Crippen molar-refractivity contribution in [2.75, 3.05) is 0 Å². The molecule has 0 fully saturated rings. The molecule has 9 aromatic carbocycles. The number of nitrogens with zero attached hydrogens (tertiary/aromatic N) is 3. The van der Waals surface area contributed by atoms with Gasteiger partial charge < -0.3 is 10.3 Å². The van der Waals surface area contributed by atoms with E-state index in [0.29, 0.717) is 0 Å². The third kappa shape index (κ3) is 5.24. The van der Waals surface area contributed by atoms with Gasteiger partial charge in [0.25, 0.3) is 0 Å². The summed E-state index contributed by atoms with van der Waals surface area (Å²) < 4.78 is 4.77. The second kappa shape index (κ2) is 13.8. The first-order valence-electron chi connectivity index (χ1n) is 20.9. The van der Waals surface area contributed by atoms with Gasteiger partial charge >= 0.3 is 0 Å². The molecular formula is C56H40N4. The lowest BCUT2D eigenvalue weighted by Crippen LogP contribution is -2.23. The molecule has 0 spiro atoms. The van der Waals surface area contributed by atoms with Crippen molar-refractivity contribution >= 4 is 88.0 Å². The van der Waals surface area contributed by atoms with Crippen LogP contribution < -0.4 is 5.73 Å². The minimum Gasteiger partial charge on any atom is -0.321 e. The molecule has 0 amide bonds. The second-order valence-electron chi connectivity index (χ2n) is 15.9. The van der Waals surface area contributed by atoms with E-state index in [2.05, 4.69) is 210 Å². The lowest BCUT2D eigenvalue weighted by molar-refractivity contribution is 0.806. The van der Waals surface area contributed by atoms with Crippen LogP contribution in [0.1, 0.15) is 18.4 Å². The Morgan fingerprint density at radius 3 is 2.08 bits per heavy atom. The predicted molar refractivity (Wildman–Crippen MR) is 255 cm³/mol. The Bertz CT molecular complexity index is 3600. The lowest BCUT2D eigenvalue weighted by Gasteiger charge is -2.20. The van der Waals surface area contributed by atoms with Crippen LogP contribution in [0.4, 0.5) is 0 Å². The molecule has 0 saturated carbocycles. The van der Waals surface area contributed by atoms with E-state index in [1.165, 1.54) is 70.5 Å². The first-order chi connectivity index (χ1) is 29.7. The summed E-state index contributed by atoms with van der Waals surface area (Å²) in [5.41, 5.74) is 18.1. The van der Waals surface area contributed by atoms with Crippen LogP contribution in [-0.4, -0.2) is 21.5 Å². The molecule has 284 valence electrons. The van der Waals surface area contributed by atoms with E-state index in [1.807, 2.05) is 0 Å². The highest BCUT2D eigenvalue weighted by atomic mass is 15.0. The van der Waals surface area contributed by atoms with E-state index in [4.69, 9.17) is 10.7 Å². The molecule has 60 heavy (non-hydrogen) atoms. The summed E-state index contributed by atoms with van der Waals surface area (Å²) in [7, 11) is 0. The largest absolute Gasteiger partial charge is 0.321 e. The molecule has 0 radical (unpaired) electrons. The Labute approximate surface area is 347 Å². The van der Waals surface area contributed by atoms with Crippen LogP contribution in [0.15, 0.2) is 205 Å². The number of nitrogens with two attached hydrogens (primary N) is 1. The average Bonchev–Trinajstić information content (AvgIpc) is 3.83. The number of para-hydroxylation sites is 3. The highest BCUT2D eigenvalue weighted by molar-refractivity contribution is 6.37. The first-order valence-corrected chi connectivity index (χ1v) is 20.9. The minimum atomic E-state index is -0.183. The average molecular weight is 769 g/mol. The number of hydrogen-bond acceptors (Lipinski definition) is 2. The van der Waals surface area contributed by atoms with Crippen LogP contribution in [0.3, 0.4) is 0 Å². The van der Waals surface area contributed by atoms with Gasteiger partial charge in [-0.3, -0.25) is 4.57 Å². The maximum Gasteiger partial charge on any atom is 0.100 e. The summed E-state index contributed by atoms with van der Waals surface area (Å²) in [5, 5.41) is 12.3. The molecule has 4 nitrogen and oxygen atoms in total. The summed E-state index contributed by atoms with van der Waals surface area (Å²) in [6.45, 7) is 0. The lowest BCUT2D eigenvalue weighted by atomic mass is 9.92. The van der Waals surface area contributed by atoms with Crippen molar-refractivity contribution in [3.8, 4) is 16.8 Å². The Balaban J connectivity index is 1.21. The quantitative estimate of drug-likeness (QED) is 0.0806. The van der Waals surface area contributed by atoms with Gasteiger partial charge in [0.15, 0.2) is 0 Å². The van der Waals surface area contributed by atoms with Crippen LogP contribution in [0, 0.1) is 0 Å². The smallest absolute Gasteiger partial charge is 0.100 e. The van der Waals surface area contributed by atoms with Gasteiger partial charge in [-0.15, -0.1) is 0 Å². The Kier molecular flexibility index (Phi) is 7.94. The zero-order valence-corrected chi connectivity index (χ0v) is 33.0. The van der Waals surface area contributed by atoms with Gasteiger partial charge in [-0.05, 0) is 75.9 Å². The minimum absolute atomic E-state index is 0.183. The van der Waals surface area contributed by atoms with E-state index in [1.54, 1.807) is 0 Å². The Morgan fingerprint density at radius 2 is 1.25 bits per heavy atom. The number of rotatable bonds is 5. The normalized spacial score (nSPS) is 15.5. The number of fused-ring (bicyclic) bond motifs is 13. The number of aliphatic imine (C=N–C) groups is 1.